The monoisotopic (exact) mass is 183 g/mol. The first-order chi connectivity index (χ1) is 6.07. The number of benzene rings is 1. The molecule has 0 atom stereocenters. The van der Waals surface area contributed by atoms with Gasteiger partial charge in [-0.15, -0.1) is 0 Å². The predicted molar refractivity (Wildman–Crippen MR) is 47.8 cm³/mol. The Morgan fingerprint density at radius 1 is 1.31 bits per heavy atom. The molecule has 1 aliphatic rings. The summed E-state index contributed by atoms with van der Waals surface area (Å²) < 4.78 is 25.1. The summed E-state index contributed by atoms with van der Waals surface area (Å²) in [4.78, 5) is 0. The minimum atomic E-state index is -2.45. The molecule has 0 heterocycles. The number of alkyl halides is 2. The zero-order chi connectivity index (χ0) is 9.47. The lowest BCUT2D eigenvalue weighted by Crippen LogP contribution is -2.33. The molecule has 1 fully saturated rings. The van der Waals surface area contributed by atoms with Gasteiger partial charge in [0.15, 0.2) is 0 Å². The third-order valence-electron chi connectivity index (χ3n) is 2.47. The van der Waals surface area contributed by atoms with Crippen LogP contribution in [0.25, 0.3) is 0 Å². The van der Waals surface area contributed by atoms with Gasteiger partial charge in [-0.3, -0.25) is 0 Å². The number of halogens is 2. The largest absolute Gasteiger partial charge is 0.399 e. The smallest absolute Gasteiger partial charge is 0.249 e. The van der Waals surface area contributed by atoms with Crippen LogP contribution < -0.4 is 5.73 Å². The van der Waals surface area contributed by atoms with Gasteiger partial charge in [-0.1, -0.05) is 12.1 Å². The number of nitrogens with two attached hydrogens (primary N) is 1. The summed E-state index contributed by atoms with van der Waals surface area (Å²) in [5, 5.41) is 0. The van der Waals surface area contributed by atoms with Gasteiger partial charge in [0.25, 0.3) is 0 Å². The fraction of sp³-hybridized carbons (Fsp3) is 0.400. The first kappa shape index (κ1) is 8.48. The molecule has 2 N–H and O–H groups in total. The first-order valence-corrected chi connectivity index (χ1v) is 4.30. The molecule has 0 aliphatic heterocycles. The average Bonchev–Trinajstić information content (AvgIpc) is 2.00. The van der Waals surface area contributed by atoms with Crippen molar-refractivity contribution in [3.8, 4) is 0 Å². The summed E-state index contributed by atoms with van der Waals surface area (Å²) in [6.45, 7) is 0. The van der Waals surface area contributed by atoms with Gasteiger partial charge in [-0.25, -0.2) is 8.78 Å². The van der Waals surface area contributed by atoms with Gasteiger partial charge in [0.1, 0.15) is 0 Å². The van der Waals surface area contributed by atoms with Crippen LogP contribution in [-0.4, -0.2) is 5.92 Å². The van der Waals surface area contributed by atoms with Gasteiger partial charge in [0, 0.05) is 18.5 Å². The highest BCUT2D eigenvalue weighted by molar-refractivity contribution is 5.42. The Bertz CT molecular complexity index is 314. The van der Waals surface area contributed by atoms with Crippen LogP contribution >= 0.6 is 0 Å². The predicted octanol–water partition coefficient (Wildman–Crippen LogP) is 2.78. The minimum Gasteiger partial charge on any atom is -0.399 e. The molecular weight excluding hydrogens is 172 g/mol. The summed E-state index contributed by atoms with van der Waals surface area (Å²) >= 11 is 0. The minimum absolute atomic E-state index is 0.00139. The number of hydrogen-bond donors (Lipinski definition) is 1. The van der Waals surface area contributed by atoms with Crippen LogP contribution in [0.4, 0.5) is 14.5 Å². The van der Waals surface area contributed by atoms with E-state index in [4.69, 9.17) is 5.73 Å². The van der Waals surface area contributed by atoms with E-state index in [1.807, 2.05) is 6.07 Å². The molecule has 3 heteroatoms. The number of rotatable bonds is 1. The quantitative estimate of drug-likeness (QED) is 0.665. The molecule has 2 rings (SSSR count). The molecule has 70 valence electrons. The highest BCUT2D eigenvalue weighted by Crippen LogP contribution is 2.48. The molecule has 0 saturated heterocycles. The van der Waals surface area contributed by atoms with Crippen molar-refractivity contribution in [2.24, 2.45) is 0 Å². The van der Waals surface area contributed by atoms with Crippen molar-refractivity contribution in [3.05, 3.63) is 29.8 Å². The molecule has 1 nitrogen and oxygen atoms in total. The van der Waals surface area contributed by atoms with Crippen LogP contribution in [0.3, 0.4) is 0 Å². The lowest BCUT2D eigenvalue weighted by Gasteiger charge is -2.35. The molecule has 0 radical (unpaired) electrons. The van der Waals surface area contributed by atoms with E-state index in [9.17, 15) is 8.78 Å². The second-order valence-electron chi connectivity index (χ2n) is 3.63. The van der Waals surface area contributed by atoms with E-state index in [1.54, 1.807) is 18.2 Å². The fourth-order valence-corrected chi connectivity index (χ4v) is 1.71. The zero-order valence-electron chi connectivity index (χ0n) is 7.13. The van der Waals surface area contributed by atoms with Crippen LogP contribution in [0, 0.1) is 0 Å². The Morgan fingerprint density at radius 3 is 2.54 bits per heavy atom. The maximum atomic E-state index is 12.5. The van der Waals surface area contributed by atoms with E-state index in [0.29, 0.717) is 5.69 Å². The second kappa shape index (κ2) is 2.69. The molecule has 13 heavy (non-hydrogen) atoms. The molecule has 0 aromatic heterocycles. The molecule has 0 spiro atoms. The molecule has 0 amide bonds. The van der Waals surface area contributed by atoms with E-state index < -0.39 is 5.92 Å². The van der Waals surface area contributed by atoms with E-state index in [2.05, 4.69) is 0 Å². The summed E-state index contributed by atoms with van der Waals surface area (Å²) in [5.74, 6) is -2.45. The van der Waals surface area contributed by atoms with Gasteiger partial charge < -0.3 is 5.73 Å². The maximum Gasteiger partial charge on any atom is 0.249 e. The van der Waals surface area contributed by atoms with E-state index in [1.165, 1.54) is 0 Å². The Kier molecular flexibility index (Phi) is 1.75. The lowest BCUT2D eigenvalue weighted by atomic mass is 9.77. The van der Waals surface area contributed by atoms with Gasteiger partial charge in [-0.2, -0.15) is 0 Å². The van der Waals surface area contributed by atoms with Crippen LogP contribution in [-0.2, 0) is 0 Å². The van der Waals surface area contributed by atoms with Crippen molar-refractivity contribution in [3.63, 3.8) is 0 Å². The molecule has 0 unspecified atom stereocenters. The molecule has 1 aromatic carbocycles. The van der Waals surface area contributed by atoms with Crippen LogP contribution in [0.1, 0.15) is 24.3 Å². The number of hydrogen-bond acceptors (Lipinski definition) is 1. The van der Waals surface area contributed by atoms with Crippen molar-refractivity contribution < 1.29 is 8.78 Å². The number of nitrogen functional groups attached to an aromatic ring is 1. The lowest BCUT2D eigenvalue weighted by molar-refractivity contribution is -0.0867. The third-order valence-corrected chi connectivity index (χ3v) is 2.47. The summed E-state index contributed by atoms with van der Waals surface area (Å²) in [6, 6.07) is 7.21. The summed E-state index contributed by atoms with van der Waals surface area (Å²) in [7, 11) is 0. The highest BCUT2D eigenvalue weighted by Gasteiger charge is 2.45. The molecule has 1 aromatic rings. The zero-order valence-corrected chi connectivity index (χ0v) is 7.13. The summed E-state index contributed by atoms with van der Waals surface area (Å²) in [5.41, 5.74) is 7.14. The van der Waals surface area contributed by atoms with Crippen molar-refractivity contribution >= 4 is 5.69 Å². The van der Waals surface area contributed by atoms with Crippen LogP contribution in [0.15, 0.2) is 24.3 Å². The Labute approximate surface area is 75.6 Å². The highest BCUT2D eigenvalue weighted by atomic mass is 19.3. The van der Waals surface area contributed by atoms with Gasteiger partial charge >= 0.3 is 0 Å². The standard InChI is InChI=1S/C10H11F2N/c11-10(12)5-8(6-10)7-2-1-3-9(13)4-7/h1-4,8H,5-6,13H2. The van der Waals surface area contributed by atoms with Gasteiger partial charge in [0.2, 0.25) is 5.92 Å². The maximum absolute atomic E-state index is 12.5. The van der Waals surface area contributed by atoms with E-state index in [-0.39, 0.29) is 18.8 Å². The Balaban J connectivity index is 2.11. The second-order valence-corrected chi connectivity index (χ2v) is 3.63. The molecular formula is C10H11F2N. The molecule has 1 saturated carbocycles. The van der Waals surface area contributed by atoms with E-state index >= 15 is 0 Å². The Morgan fingerprint density at radius 2 is 2.00 bits per heavy atom. The molecule has 0 bridgehead atoms. The van der Waals surface area contributed by atoms with Crippen molar-refractivity contribution in [1.29, 1.82) is 0 Å². The molecule has 1 aliphatic carbocycles. The number of anilines is 1. The summed E-state index contributed by atoms with van der Waals surface area (Å²) in [6.07, 6.45) is -0.0626. The average molecular weight is 183 g/mol. The first-order valence-electron chi connectivity index (χ1n) is 4.30. The third kappa shape index (κ3) is 1.64. The SMILES string of the molecule is Nc1cccc(C2CC(F)(F)C2)c1. The fourth-order valence-electron chi connectivity index (χ4n) is 1.71. The van der Waals surface area contributed by atoms with Gasteiger partial charge in [0.05, 0.1) is 0 Å². The van der Waals surface area contributed by atoms with E-state index in [0.717, 1.165) is 5.56 Å². The van der Waals surface area contributed by atoms with Crippen molar-refractivity contribution in [1.82, 2.24) is 0 Å². The Hall–Kier alpha value is -1.12. The van der Waals surface area contributed by atoms with Crippen LogP contribution in [0.5, 0.6) is 0 Å². The van der Waals surface area contributed by atoms with Crippen molar-refractivity contribution in [2.75, 3.05) is 5.73 Å². The van der Waals surface area contributed by atoms with Gasteiger partial charge in [-0.05, 0) is 23.6 Å². The van der Waals surface area contributed by atoms with Crippen LogP contribution in [0.2, 0.25) is 0 Å². The van der Waals surface area contributed by atoms with Crippen molar-refractivity contribution in [2.45, 2.75) is 24.7 Å². The normalized spacial score (nSPS) is 21.1. The topological polar surface area (TPSA) is 26.0 Å².